The van der Waals surface area contributed by atoms with Gasteiger partial charge in [0.05, 0.1) is 11.4 Å². The van der Waals surface area contributed by atoms with E-state index in [1.807, 2.05) is 55.5 Å². The van der Waals surface area contributed by atoms with Gasteiger partial charge in [0, 0.05) is 0 Å². The fourth-order valence-corrected chi connectivity index (χ4v) is 1.01. The highest BCUT2D eigenvalue weighted by Crippen LogP contribution is 2.08. The van der Waals surface area contributed by atoms with Crippen molar-refractivity contribution in [1.82, 2.24) is 0 Å². The third-order valence-corrected chi connectivity index (χ3v) is 1.81. The lowest BCUT2D eigenvalue weighted by Gasteiger charge is -1.87. The lowest BCUT2D eigenvalue weighted by Crippen LogP contribution is -1.69. The van der Waals surface area contributed by atoms with E-state index in [4.69, 9.17) is 0 Å². The van der Waals surface area contributed by atoms with Gasteiger partial charge < -0.3 is 0 Å². The number of allylic oxidation sites excluding steroid dienone is 4. The molecule has 1 rings (SSSR count). The molecule has 0 spiro atoms. The summed E-state index contributed by atoms with van der Waals surface area (Å²) in [6.07, 6.45) is 7.25. The third kappa shape index (κ3) is 4.36. The molecule has 0 saturated heterocycles. The number of hydrogen-bond donors (Lipinski definition) is 0. The van der Waals surface area contributed by atoms with Gasteiger partial charge in [-0.05, 0) is 25.1 Å². The molecule has 0 fully saturated rings. The topological polar surface area (TPSA) is 24.7 Å². The zero-order chi connectivity index (χ0) is 11.6. The van der Waals surface area contributed by atoms with Crippen LogP contribution >= 0.6 is 0 Å². The van der Waals surface area contributed by atoms with Crippen LogP contribution in [-0.2, 0) is 0 Å². The molecule has 0 aromatic heterocycles. The quantitative estimate of drug-likeness (QED) is 0.527. The summed E-state index contributed by atoms with van der Waals surface area (Å²) in [5, 5.41) is 0. The number of rotatable bonds is 4. The fraction of sp³-hybridized carbons (Fsp3) is 0.0714. The Morgan fingerprint density at radius 3 is 2.69 bits per heavy atom. The third-order valence-electron chi connectivity index (χ3n) is 1.81. The molecule has 0 aliphatic heterocycles. The summed E-state index contributed by atoms with van der Waals surface area (Å²) in [7, 11) is 0. The smallest absolute Gasteiger partial charge is 0.100 e. The van der Waals surface area contributed by atoms with E-state index in [0.717, 1.165) is 11.4 Å². The maximum absolute atomic E-state index is 4.08. The molecular weight excluding hydrogens is 196 g/mol. The van der Waals surface area contributed by atoms with E-state index in [9.17, 15) is 0 Å². The Morgan fingerprint density at radius 1 is 1.31 bits per heavy atom. The SMILES string of the molecule is C=C/C=C\C(=C/C)N=C=Nc1ccccc1. The molecule has 0 atom stereocenters. The average Bonchev–Trinajstić information content (AvgIpc) is 2.35. The Morgan fingerprint density at radius 2 is 2.06 bits per heavy atom. The molecular formula is C14H14N2. The molecule has 0 bridgehead atoms. The summed E-state index contributed by atoms with van der Waals surface area (Å²) in [5.41, 5.74) is 1.65. The van der Waals surface area contributed by atoms with Crippen LogP contribution in [0.25, 0.3) is 0 Å². The lowest BCUT2D eigenvalue weighted by molar-refractivity contribution is 1.38. The van der Waals surface area contributed by atoms with Crippen LogP contribution in [0.1, 0.15) is 6.92 Å². The highest BCUT2D eigenvalue weighted by Gasteiger charge is 1.83. The molecule has 0 amide bonds. The van der Waals surface area contributed by atoms with Crippen molar-refractivity contribution in [3.05, 3.63) is 66.9 Å². The van der Waals surface area contributed by atoms with E-state index in [1.54, 1.807) is 6.08 Å². The Hall–Kier alpha value is -2.18. The Labute approximate surface area is 96.1 Å². The number of hydrogen-bond acceptors (Lipinski definition) is 2. The molecule has 2 nitrogen and oxygen atoms in total. The van der Waals surface area contributed by atoms with Crippen LogP contribution in [-0.4, -0.2) is 6.01 Å². The molecule has 0 aliphatic rings. The molecule has 1 aromatic rings. The molecule has 1 aromatic carbocycles. The van der Waals surface area contributed by atoms with Gasteiger partial charge in [0.1, 0.15) is 6.01 Å². The second kappa shape index (κ2) is 7.16. The molecule has 16 heavy (non-hydrogen) atoms. The Kier molecular flexibility index (Phi) is 5.32. The molecule has 0 radical (unpaired) electrons. The highest BCUT2D eigenvalue weighted by atomic mass is 14.8. The normalized spacial score (nSPS) is 10.9. The van der Waals surface area contributed by atoms with Gasteiger partial charge in [0.25, 0.3) is 0 Å². The first-order valence-corrected chi connectivity index (χ1v) is 5.03. The molecule has 0 unspecified atom stereocenters. The van der Waals surface area contributed by atoms with Crippen LogP contribution in [0.4, 0.5) is 5.69 Å². The predicted octanol–water partition coefficient (Wildman–Crippen LogP) is 4.14. The van der Waals surface area contributed by atoms with Crippen LogP contribution in [0.15, 0.2) is 76.9 Å². The minimum Gasteiger partial charge on any atom is -0.188 e. The van der Waals surface area contributed by atoms with E-state index in [2.05, 4.69) is 22.6 Å². The van der Waals surface area contributed by atoms with E-state index in [-0.39, 0.29) is 0 Å². The van der Waals surface area contributed by atoms with Crippen molar-refractivity contribution < 1.29 is 0 Å². The number of aliphatic imine (C=N–C) groups is 2. The monoisotopic (exact) mass is 210 g/mol. The largest absolute Gasteiger partial charge is 0.188 e. The zero-order valence-corrected chi connectivity index (χ0v) is 9.30. The minimum atomic E-state index is 0.805. The van der Waals surface area contributed by atoms with Crippen molar-refractivity contribution in [3.63, 3.8) is 0 Å². The van der Waals surface area contributed by atoms with E-state index in [0.29, 0.717) is 0 Å². The van der Waals surface area contributed by atoms with Gasteiger partial charge in [-0.15, -0.1) is 0 Å². The predicted molar refractivity (Wildman–Crippen MR) is 69.1 cm³/mol. The fourth-order valence-electron chi connectivity index (χ4n) is 1.01. The number of nitrogens with zero attached hydrogens (tertiary/aromatic N) is 2. The van der Waals surface area contributed by atoms with E-state index in [1.165, 1.54) is 0 Å². The Balaban J connectivity index is 2.76. The van der Waals surface area contributed by atoms with Gasteiger partial charge in [-0.2, -0.15) is 9.98 Å². The maximum Gasteiger partial charge on any atom is 0.100 e. The van der Waals surface area contributed by atoms with Crippen LogP contribution in [0.2, 0.25) is 0 Å². The van der Waals surface area contributed by atoms with Crippen molar-refractivity contribution in [2.24, 2.45) is 9.98 Å². The van der Waals surface area contributed by atoms with Gasteiger partial charge in [-0.1, -0.05) is 43.0 Å². The summed E-state index contributed by atoms with van der Waals surface area (Å²) < 4.78 is 0. The summed E-state index contributed by atoms with van der Waals surface area (Å²) in [5.74, 6) is 0. The van der Waals surface area contributed by atoms with Gasteiger partial charge in [-0.3, -0.25) is 0 Å². The molecule has 0 aliphatic carbocycles. The molecule has 80 valence electrons. The van der Waals surface area contributed by atoms with E-state index < -0.39 is 0 Å². The molecule has 0 saturated carbocycles. The maximum atomic E-state index is 4.08. The van der Waals surface area contributed by atoms with Crippen molar-refractivity contribution in [2.75, 3.05) is 0 Å². The summed E-state index contributed by atoms with van der Waals surface area (Å²) in [4.78, 5) is 8.17. The van der Waals surface area contributed by atoms with Crippen molar-refractivity contribution in [1.29, 1.82) is 0 Å². The minimum absolute atomic E-state index is 0.805. The molecule has 2 heteroatoms. The lowest BCUT2D eigenvalue weighted by atomic mass is 10.3. The van der Waals surface area contributed by atoms with Crippen LogP contribution in [0, 0.1) is 0 Å². The average molecular weight is 210 g/mol. The van der Waals surface area contributed by atoms with Crippen LogP contribution in [0.3, 0.4) is 0 Å². The van der Waals surface area contributed by atoms with Gasteiger partial charge >= 0.3 is 0 Å². The zero-order valence-electron chi connectivity index (χ0n) is 9.30. The van der Waals surface area contributed by atoms with Gasteiger partial charge in [0.15, 0.2) is 0 Å². The second-order valence-electron chi connectivity index (χ2n) is 2.97. The highest BCUT2D eigenvalue weighted by molar-refractivity contribution is 5.54. The number of para-hydroxylation sites is 1. The number of benzene rings is 1. The summed E-state index contributed by atoms with van der Waals surface area (Å²) in [6, 6.07) is 12.3. The molecule has 0 N–H and O–H groups in total. The van der Waals surface area contributed by atoms with Crippen molar-refractivity contribution in [2.45, 2.75) is 6.92 Å². The van der Waals surface area contributed by atoms with Crippen LogP contribution < -0.4 is 0 Å². The first-order chi connectivity index (χ1) is 7.86. The molecule has 0 heterocycles. The van der Waals surface area contributed by atoms with Gasteiger partial charge in [0.2, 0.25) is 0 Å². The van der Waals surface area contributed by atoms with E-state index >= 15 is 0 Å². The second-order valence-corrected chi connectivity index (χ2v) is 2.97. The summed E-state index contributed by atoms with van der Waals surface area (Å²) in [6.45, 7) is 5.51. The summed E-state index contributed by atoms with van der Waals surface area (Å²) >= 11 is 0. The Bertz CT molecular complexity index is 447. The van der Waals surface area contributed by atoms with Gasteiger partial charge in [-0.25, -0.2) is 0 Å². The first kappa shape index (κ1) is 11.9. The van der Waals surface area contributed by atoms with Crippen molar-refractivity contribution >= 4 is 11.7 Å². The first-order valence-electron chi connectivity index (χ1n) is 5.03. The standard InChI is InChI=1S/C14H14N2/c1-3-5-9-13(4-2)15-12-16-14-10-7-6-8-11-14/h3-11H,1H2,2H3/b9-5-,13-4+. The van der Waals surface area contributed by atoms with Crippen LogP contribution in [0.5, 0.6) is 0 Å². The van der Waals surface area contributed by atoms with Crippen molar-refractivity contribution in [3.8, 4) is 0 Å².